The summed E-state index contributed by atoms with van der Waals surface area (Å²) >= 11 is 0. The van der Waals surface area contributed by atoms with Crippen LogP contribution in [0.1, 0.15) is 83.9 Å². The first kappa shape index (κ1) is 24.8. The van der Waals surface area contributed by atoms with Gasteiger partial charge in [-0.2, -0.15) is 0 Å². The zero-order chi connectivity index (χ0) is 24.3. The van der Waals surface area contributed by atoms with Gasteiger partial charge in [0.15, 0.2) is 0 Å². The van der Waals surface area contributed by atoms with Gasteiger partial charge in [0.05, 0.1) is 12.3 Å². The smallest absolute Gasteiger partial charge is 0.325 e. The van der Waals surface area contributed by atoms with Crippen LogP contribution in [0.5, 0.6) is 0 Å². The molecule has 1 unspecified atom stereocenters. The van der Waals surface area contributed by atoms with Crippen LogP contribution in [-0.4, -0.2) is 59.4 Å². The molecule has 1 aromatic rings. The Bertz CT molecular complexity index is 867. The number of nitrogens with zero attached hydrogens (tertiary/aromatic N) is 2. The first-order valence-electron chi connectivity index (χ1n) is 12.9. The molecule has 3 heterocycles. The first-order valence-corrected chi connectivity index (χ1v) is 12.9. The van der Waals surface area contributed by atoms with Gasteiger partial charge < -0.3 is 15.1 Å². The molecule has 1 saturated carbocycles. The Balaban J connectivity index is 1.34. The maximum absolute atomic E-state index is 13.3. The van der Waals surface area contributed by atoms with Gasteiger partial charge >= 0.3 is 6.03 Å². The van der Waals surface area contributed by atoms with Crippen molar-refractivity contribution < 1.29 is 18.8 Å². The Morgan fingerprint density at radius 1 is 1.24 bits per heavy atom. The summed E-state index contributed by atoms with van der Waals surface area (Å²) < 4.78 is 5.64. The van der Waals surface area contributed by atoms with E-state index in [1.54, 1.807) is 6.26 Å². The monoisotopic (exact) mass is 472 g/mol. The molecule has 2 saturated heterocycles. The second-order valence-corrected chi connectivity index (χ2v) is 11.0. The van der Waals surface area contributed by atoms with E-state index in [1.807, 2.05) is 12.1 Å². The highest BCUT2D eigenvalue weighted by molar-refractivity contribution is 6.09. The Morgan fingerprint density at radius 3 is 2.56 bits per heavy atom. The topological polar surface area (TPSA) is 94.9 Å². The quantitative estimate of drug-likeness (QED) is 0.561. The van der Waals surface area contributed by atoms with Gasteiger partial charge in [-0.25, -0.2) is 4.79 Å². The van der Waals surface area contributed by atoms with Crippen LogP contribution in [0.3, 0.4) is 0 Å². The summed E-state index contributed by atoms with van der Waals surface area (Å²) in [4.78, 5) is 42.2. The Labute approximate surface area is 202 Å². The minimum absolute atomic E-state index is 0.0501. The average Bonchev–Trinajstić information content (AvgIpc) is 3.44. The van der Waals surface area contributed by atoms with Crippen molar-refractivity contribution in [1.29, 1.82) is 0 Å². The number of likely N-dealkylation sites (tertiary alicyclic amines) is 1. The number of hydrogen-bond acceptors (Lipinski definition) is 5. The fourth-order valence-electron chi connectivity index (χ4n) is 5.87. The van der Waals surface area contributed by atoms with Crippen LogP contribution in [-0.2, 0) is 9.59 Å². The molecule has 1 atom stereocenters. The third-order valence-electron chi connectivity index (χ3n) is 8.60. The third kappa shape index (κ3) is 5.02. The highest BCUT2D eigenvalue weighted by Gasteiger charge is 2.53. The van der Waals surface area contributed by atoms with Crippen molar-refractivity contribution in [3.63, 3.8) is 0 Å². The molecule has 0 bridgehead atoms. The van der Waals surface area contributed by atoms with E-state index in [9.17, 15) is 14.4 Å². The van der Waals surface area contributed by atoms with Gasteiger partial charge in [-0.3, -0.25) is 19.4 Å². The van der Waals surface area contributed by atoms with Gasteiger partial charge in [0.1, 0.15) is 17.8 Å². The molecule has 0 aromatic carbocycles. The molecular weight excluding hydrogens is 432 g/mol. The van der Waals surface area contributed by atoms with Crippen LogP contribution in [0.2, 0.25) is 0 Å². The number of hydrogen-bond donors (Lipinski definition) is 2. The maximum atomic E-state index is 13.3. The van der Waals surface area contributed by atoms with Gasteiger partial charge in [0.25, 0.3) is 5.91 Å². The number of imide groups is 1. The summed E-state index contributed by atoms with van der Waals surface area (Å²) in [7, 11) is 0. The van der Waals surface area contributed by atoms with Crippen molar-refractivity contribution in [3.05, 3.63) is 24.2 Å². The molecule has 2 aliphatic heterocycles. The van der Waals surface area contributed by atoms with Crippen molar-refractivity contribution in [2.75, 3.05) is 26.2 Å². The zero-order valence-corrected chi connectivity index (χ0v) is 20.9. The molecule has 188 valence electrons. The molecular formula is C26H40N4O4. The Kier molecular flexibility index (Phi) is 7.36. The molecule has 4 rings (SSSR count). The highest BCUT2D eigenvalue weighted by atomic mass is 16.3. The molecule has 3 fully saturated rings. The van der Waals surface area contributed by atoms with Crippen molar-refractivity contribution in [2.24, 2.45) is 11.3 Å². The van der Waals surface area contributed by atoms with Crippen LogP contribution in [0.15, 0.2) is 22.8 Å². The average molecular weight is 473 g/mol. The predicted octanol–water partition coefficient (Wildman–Crippen LogP) is 3.84. The van der Waals surface area contributed by atoms with Crippen LogP contribution < -0.4 is 10.6 Å². The molecule has 34 heavy (non-hydrogen) atoms. The van der Waals surface area contributed by atoms with E-state index in [4.69, 9.17) is 4.42 Å². The predicted molar refractivity (Wildman–Crippen MR) is 129 cm³/mol. The SMILES string of the molecule is CCC(C)(C)C1CCC2(CC1)NC(=O)N(CC(=O)NCC(c1ccco1)N1CCCCC1)C2=O. The molecule has 2 N–H and O–H groups in total. The van der Waals surface area contributed by atoms with Crippen molar-refractivity contribution in [1.82, 2.24) is 20.4 Å². The largest absolute Gasteiger partial charge is 0.468 e. The van der Waals surface area contributed by atoms with Crippen LogP contribution in [0.25, 0.3) is 0 Å². The zero-order valence-electron chi connectivity index (χ0n) is 20.9. The lowest BCUT2D eigenvalue weighted by atomic mass is 9.65. The molecule has 8 heteroatoms. The summed E-state index contributed by atoms with van der Waals surface area (Å²) in [6, 6.07) is 3.29. The van der Waals surface area contributed by atoms with E-state index in [1.165, 1.54) is 6.42 Å². The lowest BCUT2D eigenvalue weighted by Gasteiger charge is -2.42. The maximum Gasteiger partial charge on any atom is 0.325 e. The van der Waals surface area contributed by atoms with Gasteiger partial charge in [0, 0.05) is 6.54 Å². The van der Waals surface area contributed by atoms with Crippen LogP contribution >= 0.6 is 0 Å². The molecule has 1 aromatic heterocycles. The van der Waals surface area contributed by atoms with Crippen molar-refractivity contribution in [3.8, 4) is 0 Å². The Hall–Kier alpha value is -2.35. The fraction of sp³-hybridized carbons (Fsp3) is 0.731. The van der Waals surface area contributed by atoms with Gasteiger partial charge in [-0.1, -0.05) is 33.6 Å². The summed E-state index contributed by atoms with van der Waals surface area (Å²) in [5.41, 5.74) is -0.617. The fourth-order valence-corrected chi connectivity index (χ4v) is 5.87. The molecule has 0 radical (unpaired) electrons. The van der Waals surface area contributed by atoms with Gasteiger partial charge in [0.2, 0.25) is 5.91 Å². The number of carbonyl (C=O) groups excluding carboxylic acids is 3. The second-order valence-electron chi connectivity index (χ2n) is 11.0. The summed E-state index contributed by atoms with van der Waals surface area (Å²) in [5.74, 6) is 0.787. The number of nitrogens with one attached hydrogen (secondary N) is 2. The molecule has 3 aliphatic rings. The minimum atomic E-state index is -0.845. The van der Waals surface area contributed by atoms with E-state index in [2.05, 4.69) is 36.3 Å². The number of rotatable bonds is 8. The second kappa shape index (κ2) is 10.1. The number of piperidine rings is 1. The van der Waals surface area contributed by atoms with Crippen molar-refractivity contribution in [2.45, 2.75) is 83.7 Å². The molecule has 4 amide bonds. The first-order chi connectivity index (χ1) is 16.3. The minimum Gasteiger partial charge on any atom is -0.468 e. The van der Waals surface area contributed by atoms with Gasteiger partial charge in [-0.15, -0.1) is 0 Å². The standard InChI is InChI=1S/C26H40N4O4/c1-4-25(2,3)19-10-12-26(13-11-19)23(32)30(24(33)28-26)18-22(31)27-17-20(21-9-8-16-34-21)29-14-6-5-7-15-29/h8-9,16,19-20H,4-7,10-15,17-18H2,1-3H3,(H,27,31)(H,28,33). The van der Waals surface area contributed by atoms with Crippen molar-refractivity contribution >= 4 is 17.8 Å². The highest BCUT2D eigenvalue weighted by Crippen LogP contribution is 2.45. The van der Waals surface area contributed by atoms with E-state index in [-0.39, 0.29) is 29.8 Å². The van der Waals surface area contributed by atoms with E-state index >= 15 is 0 Å². The number of carbonyl (C=O) groups is 3. The lowest BCUT2D eigenvalue weighted by molar-refractivity contribution is -0.136. The summed E-state index contributed by atoms with van der Waals surface area (Å²) in [6.07, 6.45) is 9.32. The van der Waals surface area contributed by atoms with E-state index in [0.717, 1.165) is 55.9 Å². The van der Waals surface area contributed by atoms with Gasteiger partial charge in [-0.05, 0) is 75.1 Å². The number of furan rings is 1. The Morgan fingerprint density at radius 2 is 1.94 bits per heavy atom. The summed E-state index contributed by atoms with van der Waals surface area (Å²) in [6.45, 7) is 8.83. The lowest BCUT2D eigenvalue weighted by Crippen LogP contribution is -2.51. The third-order valence-corrected chi connectivity index (χ3v) is 8.60. The molecule has 8 nitrogen and oxygen atoms in total. The molecule has 1 aliphatic carbocycles. The van der Waals surface area contributed by atoms with Crippen LogP contribution in [0.4, 0.5) is 4.79 Å². The number of urea groups is 1. The van der Waals surface area contributed by atoms with E-state index in [0.29, 0.717) is 25.3 Å². The number of amides is 4. The summed E-state index contributed by atoms with van der Waals surface area (Å²) in [5, 5.41) is 5.89. The molecule has 1 spiro atoms. The van der Waals surface area contributed by atoms with Crippen LogP contribution in [0, 0.1) is 11.3 Å². The normalized spacial score (nSPS) is 27.1. The van der Waals surface area contributed by atoms with E-state index < -0.39 is 11.6 Å².